The minimum atomic E-state index is -1.85. The minimum Gasteiger partial charge on any atom is -0.372 e. The Morgan fingerprint density at radius 1 is 0.893 bits per heavy atom. The summed E-state index contributed by atoms with van der Waals surface area (Å²) in [5, 5.41) is 15.5. The lowest BCUT2D eigenvalue weighted by atomic mass is 9.85. The summed E-state index contributed by atoms with van der Waals surface area (Å²) in [6, 6.07) is 22.0. The van der Waals surface area contributed by atoms with Crippen molar-refractivity contribution in [1.29, 1.82) is 0 Å². The van der Waals surface area contributed by atoms with Gasteiger partial charge in [0.15, 0.2) is 5.60 Å². The van der Waals surface area contributed by atoms with Crippen LogP contribution in [0.3, 0.4) is 0 Å². The Hall–Kier alpha value is -2.76. The third-order valence-electron chi connectivity index (χ3n) is 4.52. The Morgan fingerprint density at radius 2 is 1.36 bits per heavy atom. The molecule has 0 unspecified atom stereocenters. The van der Waals surface area contributed by atoms with Gasteiger partial charge in [-0.25, -0.2) is 5.43 Å². The molecule has 3 rings (SSSR count). The summed E-state index contributed by atoms with van der Waals surface area (Å²) in [7, 11) is 0. The molecule has 3 aromatic rings. The first-order valence-electron chi connectivity index (χ1n) is 8.85. The quantitative estimate of drug-likeness (QED) is 0.458. The van der Waals surface area contributed by atoms with E-state index in [4.69, 9.17) is 0 Å². The summed E-state index contributed by atoms with van der Waals surface area (Å²) in [6.07, 6.45) is 1.54. The standard InChI is InChI=1S/C23H21BrN2O2/c1-16-3-9-19(10-4-16)23(28,20-11-5-17(2)6-12-20)22(27)26-25-15-18-7-13-21(24)14-8-18/h3-15,28H,1-2H3,(H,26,27)/b25-15+. The molecular formula is C23H21BrN2O2. The predicted molar refractivity (Wildman–Crippen MR) is 115 cm³/mol. The van der Waals surface area contributed by atoms with Gasteiger partial charge in [-0.3, -0.25) is 4.79 Å². The summed E-state index contributed by atoms with van der Waals surface area (Å²) in [4.78, 5) is 13.0. The number of halogens is 1. The molecule has 0 radical (unpaired) electrons. The Kier molecular flexibility index (Phi) is 6.07. The second kappa shape index (κ2) is 8.50. The van der Waals surface area contributed by atoms with E-state index in [-0.39, 0.29) is 0 Å². The van der Waals surface area contributed by atoms with Gasteiger partial charge in [-0.05, 0) is 42.7 Å². The van der Waals surface area contributed by atoms with Crippen molar-refractivity contribution in [2.45, 2.75) is 19.4 Å². The molecule has 4 nitrogen and oxygen atoms in total. The number of benzene rings is 3. The van der Waals surface area contributed by atoms with E-state index in [0.29, 0.717) is 11.1 Å². The molecular weight excluding hydrogens is 416 g/mol. The van der Waals surface area contributed by atoms with Crippen molar-refractivity contribution in [2.75, 3.05) is 0 Å². The van der Waals surface area contributed by atoms with Crippen molar-refractivity contribution in [3.05, 3.63) is 105 Å². The number of aliphatic hydroxyl groups is 1. The van der Waals surface area contributed by atoms with E-state index in [1.807, 2.05) is 62.4 Å². The van der Waals surface area contributed by atoms with Crippen molar-refractivity contribution in [1.82, 2.24) is 5.43 Å². The second-order valence-corrected chi connectivity index (χ2v) is 7.61. The first-order valence-corrected chi connectivity index (χ1v) is 9.64. The van der Waals surface area contributed by atoms with Gasteiger partial charge in [-0.15, -0.1) is 0 Å². The van der Waals surface area contributed by atoms with Crippen LogP contribution in [0.5, 0.6) is 0 Å². The largest absolute Gasteiger partial charge is 0.372 e. The molecule has 0 saturated heterocycles. The average Bonchev–Trinajstić information content (AvgIpc) is 2.70. The van der Waals surface area contributed by atoms with Gasteiger partial charge in [0, 0.05) is 4.47 Å². The van der Waals surface area contributed by atoms with Crippen LogP contribution < -0.4 is 5.43 Å². The highest BCUT2D eigenvalue weighted by Gasteiger charge is 2.40. The molecule has 0 fully saturated rings. The molecule has 0 heterocycles. The lowest BCUT2D eigenvalue weighted by Crippen LogP contribution is -2.43. The zero-order valence-corrected chi connectivity index (χ0v) is 17.3. The van der Waals surface area contributed by atoms with E-state index < -0.39 is 11.5 Å². The minimum absolute atomic E-state index is 0.485. The SMILES string of the molecule is Cc1ccc(C(O)(C(=O)N/N=C/c2ccc(Br)cc2)c2ccc(C)cc2)cc1. The lowest BCUT2D eigenvalue weighted by Gasteiger charge is -2.27. The number of hydrogen-bond acceptors (Lipinski definition) is 3. The average molecular weight is 437 g/mol. The van der Waals surface area contributed by atoms with Crippen LogP contribution >= 0.6 is 15.9 Å². The van der Waals surface area contributed by atoms with Crippen molar-refractivity contribution in [3.8, 4) is 0 Å². The molecule has 2 N–H and O–H groups in total. The van der Waals surface area contributed by atoms with Crippen LogP contribution in [-0.2, 0) is 10.4 Å². The normalized spacial score (nSPS) is 11.6. The van der Waals surface area contributed by atoms with Crippen LogP contribution in [0, 0.1) is 13.8 Å². The van der Waals surface area contributed by atoms with Crippen molar-refractivity contribution in [2.24, 2.45) is 5.10 Å². The van der Waals surface area contributed by atoms with E-state index >= 15 is 0 Å². The maximum Gasteiger partial charge on any atom is 0.281 e. The van der Waals surface area contributed by atoms with Crippen LogP contribution in [0.15, 0.2) is 82.4 Å². The summed E-state index contributed by atoms with van der Waals surface area (Å²) in [6.45, 7) is 3.91. The van der Waals surface area contributed by atoms with Crippen LogP contribution in [0.2, 0.25) is 0 Å². The molecule has 0 aliphatic carbocycles. The van der Waals surface area contributed by atoms with E-state index in [2.05, 4.69) is 26.5 Å². The van der Waals surface area contributed by atoms with Crippen molar-refractivity contribution < 1.29 is 9.90 Å². The zero-order chi connectivity index (χ0) is 20.1. The topological polar surface area (TPSA) is 61.7 Å². The monoisotopic (exact) mass is 436 g/mol. The Morgan fingerprint density at radius 3 is 1.82 bits per heavy atom. The zero-order valence-electron chi connectivity index (χ0n) is 15.7. The van der Waals surface area contributed by atoms with Gasteiger partial charge in [0.05, 0.1) is 6.21 Å². The van der Waals surface area contributed by atoms with Crippen LogP contribution in [0.4, 0.5) is 0 Å². The summed E-state index contributed by atoms with van der Waals surface area (Å²) in [5.41, 5.74) is 4.52. The molecule has 28 heavy (non-hydrogen) atoms. The number of carbonyl (C=O) groups is 1. The highest BCUT2D eigenvalue weighted by Crippen LogP contribution is 2.30. The molecule has 0 saturated carbocycles. The summed E-state index contributed by atoms with van der Waals surface area (Å²) in [5.74, 6) is -0.617. The lowest BCUT2D eigenvalue weighted by molar-refractivity contribution is -0.136. The van der Waals surface area contributed by atoms with Crippen LogP contribution in [0.1, 0.15) is 27.8 Å². The number of hydrazone groups is 1. The Labute approximate surface area is 173 Å². The third kappa shape index (κ3) is 4.38. The number of nitrogens with zero attached hydrogens (tertiary/aromatic N) is 1. The first-order chi connectivity index (χ1) is 13.4. The van der Waals surface area contributed by atoms with Crippen LogP contribution in [-0.4, -0.2) is 17.2 Å². The van der Waals surface area contributed by atoms with Gasteiger partial charge in [0.1, 0.15) is 0 Å². The maximum atomic E-state index is 13.0. The third-order valence-corrected chi connectivity index (χ3v) is 5.05. The second-order valence-electron chi connectivity index (χ2n) is 6.69. The number of aryl methyl sites for hydroxylation is 2. The molecule has 0 atom stereocenters. The molecule has 142 valence electrons. The molecule has 0 bridgehead atoms. The molecule has 0 aliphatic rings. The fraction of sp³-hybridized carbons (Fsp3) is 0.130. The Balaban J connectivity index is 1.91. The van der Waals surface area contributed by atoms with Crippen molar-refractivity contribution >= 4 is 28.1 Å². The van der Waals surface area contributed by atoms with E-state index in [1.165, 1.54) is 6.21 Å². The molecule has 3 aromatic carbocycles. The van der Waals surface area contributed by atoms with Gasteiger partial charge in [0.2, 0.25) is 0 Å². The van der Waals surface area contributed by atoms with Gasteiger partial charge in [0.25, 0.3) is 5.91 Å². The number of nitrogens with one attached hydrogen (secondary N) is 1. The van der Waals surface area contributed by atoms with Crippen molar-refractivity contribution in [3.63, 3.8) is 0 Å². The number of hydrogen-bond donors (Lipinski definition) is 2. The van der Waals surface area contributed by atoms with E-state index in [1.54, 1.807) is 24.3 Å². The summed E-state index contributed by atoms with van der Waals surface area (Å²) < 4.78 is 0.960. The predicted octanol–water partition coefficient (Wildman–Crippen LogP) is 4.45. The van der Waals surface area contributed by atoms with Crippen LogP contribution in [0.25, 0.3) is 0 Å². The fourth-order valence-corrected chi connectivity index (χ4v) is 3.08. The number of rotatable bonds is 5. The van der Waals surface area contributed by atoms with Gasteiger partial charge < -0.3 is 5.11 Å². The molecule has 0 spiro atoms. The molecule has 1 amide bonds. The maximum absolute atomic E-state index is 13.0. The van der Waals surface area contributed by atoms with Gasteiger partial charge in [-0.1, -0.05) is 87.7 Å². The van der Waals surface area contributed by atoms with E-state index in [0.717, 1.165) is 21.2 Å². The highest BCUT2D eigenvalue weighted by atomic mass is 79.9. The smallest absolute Gasteiger partial charge is 0.281 e. The number of carbonyl (C=O) groups excluding carboxylic acids is 1. The molecule has 5 heteroatoms. The number of amides is 1. The summed E-state index contributed by atoms with van der Waals surface area (Å²) >= 11 is 3.38. The van der Waals surface area contributed by atoms with Gasteiger partial charge in [-0.2, -0.15) is 5.10 Å². The van der Waals surface area contributed by atoms with E-state index in [9.17, 15) is 9.90 Å². The fourth-order valence-electron chi connectivity index (χ4n) is 2.81. The molecule has 0 aromatic heterocycles. The molecule has 0 aliphatic heterocycles. The Bertz CT molecular complexity index is 933. The van der Waals surface area contributed by atoms with Gasteiger partial charge >= 0.3 is 0 Å². The highest BCUT2D eigenvalue weighted by molar-refractivity contribution is 9.10. The first kappa shape index (κ1) is 20.0.